The van der Waals surface area contributed by atoms with E-state index in [1.165, 1.54) is 4.68 Å². The first-order valence-corrected chi connectivity index (χ1v) is 6.16. The molecule has 3 aromatic rings. The molecule has 0 fully saturated rings. The monoisotopic (exact) mass is 269 g/mol. The van der Waals surface area contributed by atoms with Crippen LogP contribution >= 0.6 is 0 Å². The van der Waals surface area contributed by atoms with Crippen molar-refractivity contribution < 1.29 is 13.8 Å². The van der Waals surface area contributed by atoms with E-state index in [1.807, 2.05) is 25.1 Å². The maximum atomic E-state index is 12.0. The first kappa shape index (κ1) is 12.3. The van der Waals surface area contributed by atoms with Crippen LogP contribution in [0, 0.1) is 6.92 Å². The van der Waals surface area contributed by atoms with Crippen LogP contribution in [0.25, 0.3) is 16.8 Å². The number of methoxy groups -OCH3 is 1. The smallest absolute Gasteiger partial charge is 0.497 e. The average Bonchev–Trinajstić information content (AvgIpc) is 2.48. The topological polar surface area (TPSA) is 56.2 Å². The summed E-state index contributed by atoms with van der Waals surface area (Å²) >= 11 is 0. The Kier molecular flexibility index (Phi) is 2.95. The molecule has 100 valence electrons. The summed E-state index contributed by atoms with van der Waals surface area (Å²) < 4.78 is 11.8. The lowest BCUT2D eigenvalue weighted by atomic mass is 10.2. The Morgan fingerprint density at radius 1 is 1.20 bits per heavy atom. The van der Waals surface area contributed by atoms with Crippen molar-refractivity contribution in [2.45, 2.75) is 6.92 Å². The fourth-order valence-corrected chi connectivity index (χ4v) is 2.06. The van der Waals surface area contributed by atoms with Crippen molar-refractivity contribution in [3.8, 4) is 11.4 Å². The van der Waals surface area contributed by atoms with Crippen LogP contribution in [0.2, 0.25) is 0 Å². The van der Waals surface area contributed by atoms with Crippen LogP contribution in [0.15, 0.2) is 51.7 Å². The molecule has 5 heteroatoms. The van der Waals surface area contributed by atoms with Crippen molar-refractivity contribution in [3.05, 3.63) is 58.6 Å². The Bertz CT molecular complexity index is 826. The Hall–Kier alpha value is -2.69. The van der Waals surface area contributed by atoms with Gasteiger partial charge in [-0.3, -0.25) is 0 Å². The van der Waals surface area contributed by atoms with Gasteiger partial charge in [0, 0.05) is 28.0 Å². The Labute approximate surface area is 115 Å². The third-order valence-corrected chi connectivity index (χ3v) is 3.04. The maximum absolute atomic E-state index is 12.0. The van der Waals surface area contributed by atoms with Gasteiger partial charge in [-0.25, -0.2) is 0 Å². The maximum Gasteiger partial charge on any atom is 0.634 e. The Morgan fingerprint density at radius 2 is 1.95 bits per heavy atom. The summed E-state index contributed by atoms with van der Waals surface area (Å²) in [5, 5.41) is 4.34. The standard InChI is InChI=1S/C15H13N2O3/c1-10-8-12(19-2)9-13-14(10)20-15(18)17(16-13)11-6-4-3-5-7-11/h3-9H,1-2H3/q+1. The van der Waals surface area contributed by atoms with E-state index in [2.05, 4.69) is 5.10 Å². The SMILES string of the molecule is COc1cc(C)c2oc(=O)[n+](-c3ccccc3)nc2c1. The third kappa shape index (κ3) is 2.03. The number of benzene rings is 2. The van der Waals surface area contributed by atoms with Crippen molar-refractivity contribution in [1.29, 1.82) is 0 Å². The number of rotatable bonds is 2. The fourth-order valence-electron chi connectivity index (χ4n) is 2.06. The van der Waals surface area contributed by atoms with Gasteiger partial charge in [0.15, 0.2) is 11.1 Å². The zero-order valence-corrected chi connectivity index (χ0v) is 11.2. The van der Waals surface area contributed by atoms with Gasteiger partial charge in [0.2, 0.25) is 5.69 Å². The molecule has 0 saturated carbocycles. The highest BCUT2D eigenvalue weighted by Crippen LogP contribution is 2.21. The second-order valence-electron chi connectivity index (χ2n) is 4.41. The molecule has 0 spiro atoms. The van der Waals surface area contributed by atoms with Crippen molar-refractivity contribution in [1.82, 2.24) is 5.10 Å². The average molecular weight is 269 g/mol. The van der Waals surface area contributed by atoms with Crippen molar-refractivity contribution in [3.63, 3.8) is 0 Å². The first-order valence-electron chi connectivity index (χ1n) is 6.16. The number of nitrogens with zero attached hydrogens (tertiary/aromatic N) is 2. The van der Waals surface area contributed by atoms with Crippen molar-refractivity contribution in [2.24, 2.45) is 0 Å². The second kappa shape index (κ2) is 4.77. The van der Waals surface area contributed by atoms with Gasteiger partial charge >= 0.3 is 5.76 Å². The van der Waals surface area contributed by atoms with E-state index in [-0.39, 0.29) is 0 Å². The van der Waals surface area contributed by atoms with E-state index in [0.29, 0.717) is 22.5 Å². The first-order chi connectivity index (χ1) is 9.69. The van der Waals surface area contributed by atoms with Gasteiger partial charge in [0.25, 0.3) is 0 Å². The lowest BCUT2D eigenvalue weighted by molar-refractivity contribution is -0.683. The highest BCUT2D eigenvalue weighted by Gasteiger charge is 2.19. The van der Waals surface area contributed by atoms with Crippen LogP contribution in [-0.2, 0) is 0 Å². The number of aromatic nitrogens is 2. The lowest BCUT2D eigenvalue weighted by Gasteiger charge is -2.02. The number of hydrogen-bond acceptors (Lipinski definition) is 4. The predicted octanol–water partition coefficient (Wildman–Crippen LogP) is 1.78. The highest BCUT2D eigenvalue weighted by atomic mass is 16.5. The van der Waals surface area contributed by atoms with Crippen LogP contribution in [0.4, 0.5) is 0 Å². The zero-order valence-electron chi connectivity index (χ0n) is 11.2. The summed E-state index contributed by atoms with van der Waals surface area (Å²) in [6.07, 6.45) is 0. The summed E-state index contributed by atoms with van der Waals surface area (Å²) in [6.45, 7) is 1.85. The molecular weight excluding hydrogens is 256 g/mol. The Morgan fingerprint density at radius 3 is 2.65 bits per heavy atom. The van der Waals surface area contributed by atoms with E-state index in [4.69, 9.17) is 9.15 Å². The van der Waals surface area contributed by atoms with Crippen molar-refractivity contribution >= 4 is 11.1 Å². The molecule has 2 aromatic carbocycles. The van der Waals surface area contributed by atoms with Crippen LogP contribution < -0.4 is 15.2 Å². The molecule has 0 N–H and O–H groups in total. The van der Waals surface area contributed by atoms with E-state index in [1.54, 1.807) is 31.4 Å². The number of para-hydroxylation sites is 1. The van der Waals surface area contributed by atoms with Crippen LogP contribution in [-0.4, -0.2) is 12.2 Å². The van der Waals surface area contributed by atoms with Gasteiger partial charge < -0.3 is 9.15 Å². The summed E-state index contributed by atoms with van der Waals surface area (Å²) in [5.41, 5.74) is 2.51. The number of hydrogen-bond donors (Lipinski definition) is 0. The molecule has 0 atom stereocenters. The van der Waals surface area contributed by atoms with E-state index >= 15 is 0 Å². The van der Waals surface area contributed by atoms with Gasteiger partial charge in [-0.05, 0) is 18.6 Å². The molecule has 0 amide bonds. The minimum atomic E-state index is -0.517. The van der Waals surface area contributed by atoms with E-state index in [9.17, 15) is 4.79 Å². The highest BCUT2D eigenvalue weighted by molar-refractivity contribution is 5.76. The minimum Gasteiger partial charge on any atom is -0.497 e. The van der Waals surface area contributed by atoms with E-state index < -0.39 is 5.76 Å². The summed E-state index contributed by atoms with van der Waals surface area (Å²) in [6, 6.07) is 12.7. The van der Waals surface area contributed by atoms with Gasteiger partial charge in [-0.2, -0.15) is 4.79 Å². The zero-order chi connectivity index (χ0) is 14.1. The van der Waals surface area contributed by atoms with E-state index in [0.717, 1.165) is 5.56 Å². The fraction of sp³-hybridized carbons (Fsp3) is 0.133. The molecule has 3 rings (SSSR count). The molecule has 5 nitrogen and oxygen atoms in total. The molecular formula is C15H13N2O3+. The van der Waals surface area contributed by atoms with Crippen LogP contribution in [0.3, 0.4) is 0 Å². The molecule has 0 bridgehead atoms. The normalized spacial score (nSPS) is 10.7. The quantitative estimate of drug-likeness (QED) is 0.665. The second-order valence-corrected chi connectivity index (χ2v) is 4.41. The molecule has 20 heavy (non-hydrogen) atoms. The molecule has 1 heterocycles. The summed E-state index contributed by atoms with van der Waals surface area (Å²) in [7, 11) is 1.59. The van der Waals surface area contributed by atoms with Gasteiger partial charge in [0.05, 0.1) is 7.11 Å². The summed E-state index contributed by atoms with van der Waals surface area (Å²) in [4.78, 5) is 12.0. The predicted molar refractivity (Wildman–Crippen MR) is 73.1 cm³/mol. The molecule has 0 aliphatic heterocycles. The number of fused-ring (bicyclic) bond motifs is 1. The lowest BCUT2D eigenvalue weighted by Crippen LogP contribution is -2.50. The van der Waals surface area contributed by atoms with Gasteiger partial charge in [-0.1, -0.05) is 18.2 Å². The van der Waals surface area contributed by atoms with Crippen molar-refractivity contribution in [2.75, 3.05) is 7.11 Å². The molecule has 0 aliphatic carbocycles. The van der Waals surface area contributed by atoms with Crippen LogP contribution in [0.5, 0.6) is 5.75 Å². The third-order valence-electron chi connectivity index (χ3n) is 3.04. The number of aryl methyl sites for hydroxylation is 1. The largest absolute Gasteiger partial charge is 0.634 e. The van der Waals surface area contributed by atoms with Gasteiger partial charge in [-0.15, -0.1) is 0 Å². The Balaban J connectivity index is 2.31. The molecule has 0 radical (unpaired) electrons. The molecule has 0 aliphatic rings. The minimum absolute atomic E-state index is 0.475. The van der Waals surface area contributed by atoms with Gasteiger partial charge in [0.1, 0.15) is 5.75 Å². The van der Waals surface area contributed by atoms with Crippen LogP contribution in [0.1, 0.15) is 5.56 Å². The molecule has 0 unspecified atom stereocenters. The number of ether oxygens (including phenoxy) is 1. The summed E-state index contributed by atoms with van der Waals surface area (Å²) in [5.74, 6) is 0.160. The molecule has 0 saturated heterocycles. The molecule has 1 aromatic heterocycles.